The number of hydrogen-bond acceptors (Lipinski definition) is 2. The molecule has 4 nitrogen and oxygen atoms in total. The number of nitrogens with one attached hydrogen (secondary N) is 1. The normalized spacial score (nSPS) is 19.7. The quantitative estimate of drug-likeness (QED) is 0.420. The topological polar surface area (TPSA) is 52.4 Å². The molecule has 0 bridgehead atoms. The molecule has 1 heterocycles. The largest absolute Gasteiger partial charge is 0.428 e. The van der Waals surface area contributed by atoms with Gasteiger partial charge in [-0.2, -0.15) is 0 Å². The average Bonchev–Trinajstić information content (AvgIpc) is 1.86. The molecule has 0 atom stereocenters. The third-order valence-corrected chi connectivity index (χ3v) is 0.435. The Labute approximate surface area is 34.4 Å². The van der Waals surface area contributed by atoms with Gasteiger partial charge >= 0.3 is 6.09 Å². The van der Waals surface area contributed by atoms with Crippen molar-refractivity contribution in [2.45, 2.75) is 0 Å². The Morgan fingerprint density at radius 1 is 2.00 bits per heavy atom. The lowest BCUT2D eigenvalue weighted by atomic mass is 11.1. The number of hydroxylamine groups is 1. The summed E-state index contributed by atoms with van der Waals surface area (Å²) in [6.07, 6.45) is -0.463. The van der Waals surface area contributed by atoms with Crippen molar-refractivity contribution >= 4 is 6.09 Å². The lowest BCUT2D eigenvalue weighted by Gasteiger charge is -1.76. The van der Waals surface area contributed by atoms with Gasteiger partial charge in [0.2, 0.25) is 0 Å². The van der Waals surface area contributed by atoms with Gasteiger partial charge in [0.25, 0.3) is 0 Å². The van der Waals surface area contributed by atoms with Crippen LogP contribution in [0.25, 0.3) is 0 Å². The zero-order chi connectivity index (χ0) is 4.41. The van der Waals surface area contributed by atoms with Crippen molar-refractivity contribution < 1.29 is 9.63 Å². The van der Waals surface area contributed by atoms with E-state index >= 15 is 0 Å². The molecule has 1 amide bonds. The molecule has 0 unspecified atom stereocenters. The van der Waals surface area contributed by atoms with Gasteiger partial charge in [0.1, 0.15) is 6.67 Å². The van der Waals surface area contributed by atoms with E-state index in [9.17, 15) is 4.79 Å². The van der Waals surface area contributed by atoms with Crippen molar-refractivity contribution in [2.75, 3.05) is 6.67 Å². The summed E-state index contributed by atoms with van der Waals surface area (Å²) in [5.41, 5.74) is 3.20. The first kappa shape index (κ1) is 3.42. The van der Waals surface area contributed by atoms with E-state index in [1.807, 2.05) is 0 Å². The summed E-state index contributed by atoms with van der Waals surface area (Å²) < 4.78 is 0. The molecule has 1 aliphatic heterocycles. The van der Waals surface area contributed by atoms with E-state index in [1.165, 1.54) is 0 Å². The molecule has 0 aromatic heterocycles. The zero-order valence-corrected chi connectivity index (χ0v) is 2.97. The maximum absolute atomic E-state index is 9.82. The van der Waals surface area contributed by atoms with Crippen LogP contribution in [0.1, 0.15) is 0 Å². The Kier molecular flexibility index (Phi) is 0.648. The van der Waals surface area contributed by atoms with Crippen LogP contribution in [0.15, 0.2) is 0 Å². The smallest absolute Gasteiger partial charge is 0.330 e. The Morgan fingerprint density at radius 2 is 2.83 bits per heavy atom. The highest BCUT2D eigenvalue weighted by Gasteiger charge is 2.08. The first-order valence-electron chi connectivity index (χ1n) is 1.51. The molecular weight excluding hydrogens is 84.0 g/mol. The minimum absolute atomic E-state index is 0.291. The molecule has 6 heavy (non-hydrogen) atoms. The molecule has 0 aromatic carbocycles. The summed E-state index contributed by atoms with van der Waals surface area (Å²) in [4.78, 5) is 13.8. The van der Waals surface area contributed by atoms with E-state index < -0.39 is 6.09 Å². The van der Waals surface area contributed by atoms with Crippen LogP contribution in [0.2, 0.25) is 0 Å². The molecule has 4 heteroatoms. The van der Waals surface area contributed by atoms with E-state index in [2.05, 4.69) is 15.6 Å². The molecule has 0 saturated carbocycles. The van der Waals surface area contributed by atoms with Crippen molar-refractivity contribution in [3.05, 3.63) is 0 Å². The highest BCUT2D eigenvalue weighted by Crippen LogP contribution is 1.77. The summed E-state index contributed by atoms with van der Waals surface area (Å²) in [6, 6.07) is 0. The van der Waals surface area contributed by atoms with Gasteiger partial charge in [-0.05, 0) is 5.48 Å². The summed E-state index contributed by atoms with van der Waals surface area (Å²) >= 11 is 0. The molecule has 33 valence electrons. The fourth-order valence-electron chi connectivity index (χ4n) is 0.220. The maximum Gasteiger partial charge on any atom is 0.428 e. The number of hydrogen-bond donors (Lipinski definition) is 1. The predicted molar refractivity (Wildman–Crippen MR) is 16.6 cm³/mol. The standard InChI is InChI=1S/C2H3N2O2/c5-2-3-1-4-6-2/h1H2,(H,3,5). The second kappa shape index (κ2) is 1.14. The van der Waals surface area contributed by atoms with Gasteiger partial charge in [0.05, 0.1) is 0 Å². The zero-order valence-electron chi connectivity index (χ0n) is 2.97. The number of nitrogens with zero attached hydrogens (tertiary/aromatic N) is 1. The summed E-state index contributed by atoms with van der Waals surface area (Å²) in [7, 11) is 0. The molecule has 1 N–H and O–H groups in total. The van der Waals surface area contributed by atoms with Gasteiger partial charge in [0.15, 0.2) is 0 Å². The van der Waals surface area contributed by atoms with Crippen molar-refractivity contribution in [2.24, 2.45) is 0 Å². The van der Waals surface area contributed by atoms with Crippen LogP contribution in [0.5, 0.6) is 0 Å². The molecule has 0 spiro atoms. The molecule has 0 aliphatic carbocycles. The first-order chi connectivity index (χ1) is 2.89. The number of carbonyl (C=O) groups excluding carboxylic acids is 1. The third kappa shape index (κ3) is 0.414. The molecule has 1 aliphatic rings. The van der Waals surface area contributed by atoms with Crippen LogP contribution in [-0.4, -0.2) is 12.8 Å². The fourth-order valence-corrected chi connectivity index (χ4v) is 0.220. The highest BCUT2D eigenvalue weighted by molar-refractivity contribution is 5.67. The van der Waals surface area contributed by atoms with Crippen molar-refractivity contribution in [3.8, 4) is 0 Å². The van der Waals surface area contributed by atoms with E-state index in [0.29, 0.717) is 6.67 Å². The van der Waals surface area contributed by atoms with Crippen molar-refractivity contribution in [1.29, 1.82) is 0 Å². The van der Waals surface area contributed by atoms with Crippen LogP contribution < -0.4 is 10.8 Å². The Bertz CT molecular complexity index is 63.9. The molecule has 1 rings (SSSR count). The van der Waals surface area contributed by atoms with Gasteiger partial charge in [-0.15, -0.1) is 0 Å². The minimum Gasteiger partial charge on any atom is -0.330 e. The third-order valence-electron chi connectivity index (χ3n) is 0.435. The summed E-state index contributed by atoms with van der Waals surface area (Å²) in [6.45, 7) is 0.291. The Morgan fingerprint density at radius 3 is 3.00 bits per heavy atom. The average molecular weight is 87.1 g/mol. The second-order valence-corrected chi connectivity index (χ2v) is 0.843. The second-order valence-electron chi connectivity index (χ2n) is 0.843. The number of amides is 1. The van der Waals surface area contributed by atoms with Gasteiger partial charge in [-0.1, -0.05) is 0 Å². The van der Waals surface area contributed by atoms with Gasteiger partial charge in [0, 0.05) is 0 Å². The van der Waals surface area contributed by atoms with Crippen LogP contribution in [0.4, 0.5) is 4.79 Å². The lowest BCUT2D eigenvalue weighted by molar-refractivity contribution is 0.127. The molecule has 0 aromatic rings. The number of carbonyl (C=O) groups is 1. The summed E-state index contributed by atoms with van der Waals surface area (Å²) in [5, 5.41) is 2.29. The lowest BCUT2D eigenvalue weighted by Crippen LogP contribution is -2.12. The monoisotopic (exact) mass is 87.0 g/mol. The van der Waals surface area contributed by atoms with Crippen LogP contribution >= 0.6 is 0 Å². The van der Waals surface area contributed by atoms with Crippen LogP contribution in [0, 0.1) is 0 Å². The predicted octanol–water partition coefficient (Wildman–Crippen LogP) is -0.797. The van der Waals surface area contributed by atoms with E-state index in [4.69, 9.17) is 0 Å². The first-order valence-corrected chi connectivity index (χ1v) is 1.51. The minimum atomic E-state index is -0.463. The highest BCUT2D eigenvalue weighted by atomic mass is 16.7. The van der Waals surface area contributed by atoms with Crippen LogP contribution in [-0.2, 0) is 4.84 Å². The van der Waals surface area contributed by atoms with Crippen LogP contribution in [0.3, 0.4) is 0 Å². The number of rotatable bonds is 0. The molecule has 1 fully saturated rings. The molecule has 1 radical (unpaired) electrons. The van der Waals surface area contributed by atoms with Gasteiger partial charge in [-0.3, -0.25) is 0 Å². The van der Waals surface area contributed by atoms with Crippen molar-refractivity contribution in [3.63, 3.8) is 0 Å². The van der Waals surface area contributed by atoms with E-state index in [-0.39, 0.29) is 0 Å². The molecule has 1 saturated heterocycles. The summed E-state index contributed by atoms with van der Waals surface area (Å²) in [5.74, 6) is 0. The SMILES string of the molecule is O=C1NC[N]O1. The van der Waals surface area contributed by atoms with Gasteiger partial charge in [-0.25, -0.2) is 4.79 Å². The fraction of sp³-hybridized carbons (Fsp3) is 0.500. The Balaban J connectivity index is 2.37. The van der Waals surface area contributed by atoms with Crippen molar-refractivity contribution in [1.82, 2.24) is 10.8 Å². The van der Waals surface area contributed by atoms with Gasteiger partial charge < -0.3 is 10.2 Å². The molecular formula is C2H3N2O2. The maximum atomic E-state index is 9.82. The van der Waals surface area contributed by atoms with E-state index in [0.717, 1.165) is 0 Å². The Hall–Kier alpha value is -0.770. The van der Waals surface area contributed by atoms with E-state index in [1.54, 1.807) is 0 Å².